The van der Waals surface area contributed by atoms with Gasteiger partial charge in [0.1, 0.15) is 5.69 Å². The Morgan fingerprint density at radius 2 is 1.87 bits per heavy atom. The van der Waals surface area contributed by atoms with Crippen LogP contribution in [0.5, 0.6) is 0 Å². The first kappa shape index (κ1) is 16.4. The number of hydrogen-bond acceptors (Lipinski definition) is 5. The lowest BCUT2D eigenvalue weighted by molar-refractivity contribution is 0.0519. The summed E-state index contributed by atoms with van der Waals surface area (Å²) in [6.45, 7) is 3.40. The van der Waals surface area contributed by atoms with Crippen LogP contribution in [0.1, 0.15) is 52.4 Å². The van der Waals surface area contributed by atoms with Crippen molar-refractivity contribution in [2.45, 2.75) is 38.1 Å². The monoisotopic (exact) mass is 336 g/mol. The van der Waals surface area contributed by atoms with Crippen LogP contribution in [-0.2, 0) is 0 Å². The second-order valence-corrected chi connectivity index (χ2v) is 7.10. The number of rotatable bonds is 3. The third-order valence-electron chi connectivity index (χ3n) is 4.84. The van der Waals surface area contributed by atoms with Crippen molar-refractivity contribution in [1.29, 1.82) is 0 Å². The van der Waals surface area contributed by atoms with Gasteiger partial charge in [0, 0.05) is 44.6 Å². The molecule has 6 nitrogen and oxygen atoms in total. The lowest BCUT2D eigenvalue weighted by Gasteiger charge is -2.40. The Kier molecular flexibility index (Phi) is 5.27. The van der Waals surface area contributed by atoms with Gasteiger partial charge < -0.3 is 10.2 Å². The van der Waals surface area contributed by atoms with E-state index in [1.807, 2.05) is 4.90 Å². The fourth-order valence-corrected chi connectivity index (χ4v) is 4.22. The van der Waals surface area contributed by atoms with Gasteiger partial charge in [-0.05, 0) is 12.8 Å². The summed E-state index contributed by atoms with van der Waals surface area (Å²) >= 11 is 1.22. The third-order valence-corrected chi connectivity index (χ3v) is 5.68. The second-order valence-electron chi connectivity index (χ2n) is 6.24. The molecular weight excluding hydrogens is 312 g/mol. The van der Waals surface area contributed by atoms with Gasteiger partial charge in [-0.3, -0.25) is 14.5 Å². The molecule has 0 atom stereocenters. The van der Waals surface area contributed by atoms with Crippen LogP contribution in [0.2, 0.25) is 0 Å². The van der Waals surface area contributed by atoms with Gasteiger partial charge in [0.05, 0.1) is 0 Å². The van der Waals surface area contributed by atoms with Gasteiger partial charge in [-0.15, -0.1) is 11.3 Å². The number of nitrogens with one attached hydrogen (secondary N) is 1. The van der Waals surface area contributed by atoms with Crippen LogP contribution in [-0.4, -0.2) is 65.9 Å². The number of nitrogens with zero attached hydrogens (tertiary/aromatic N) is 3. The Morgan fingerprint density at radius 3 is 2.52 bits per heavy atom. The Balaban J connectivity index is 1.55. The molecule has 7 heteroatoms. The molecule has 0 aromatic carbocycles. The van der Waals surface area contributed by atoms with E-state index < -0.39 is 0 Å². The first-order valence-electron chi connectivity index (χ1n) is 8.40. The zero-order valence-corrected chi connectivity index (χ0v) is 14.4. The van der Waals surface area contributed by atoms with Crippen LogP contribution >= 0.6 is 11.3 Å². The van der Waals surface area contributed by atoms with E-state index in [4.69, 9.17) is 0 Å². The number of carbonyl (C=O) groups is 2. The summed E-state index contributed by atoms with van der Waals surface area (Å²) < 4.78 is 0. The summed E-state index contributed by atoms with van der Waals surface area (Å²) in [6, 6.07) is 0.708. The normalized spacial score (nSPS) is 20.5. The Hall–Kier alpha value is -1.47. The van der Waals surface area contributed by atoms with Gasteiger partial charge in [0.15, 0.2) is 5.01 Å². The van der Waals surface area contributed by atoms with Gasteiger partial charge in [-0.25, -0.2) is 4.98 Å². The Labute approximate surface area is 140 Å². The minimum Gasteiger partial charge on any atom is -0.353 e. The van der Waals surface area contributed by atoms with E-state index in [2.05, 4.69) is 15.2 Å². The van der Waals surface area contributed by atoms with Crippen LogP contribution in [0.25, 0.3) is 0 Å². The minimum atomic E-state index is -0.240. The van der Waals surface area contributed by atoms with E-state index >= 15 is 0 Å². The molecule has 2 fully saturated rings. The van der Waals surface area contributed by atoms with E-state index in [1.165, 1.54) is 43.4 Å². The molecule has 1 aliphatic carbocycles. The molecule has 1 N–H and O–H groups in total. The Morgan fingerprint density at radius 1 is 1.17 bits per heavy atom. The minimum absolute atomic E-state index is 0.0558. The van der Waals surface area contributed by atoms with E-state index in [0.717, 1.165) is 26.2 Å². The van der Waals surface area contributed by atoms with Crippen molar-refractivity contribution in [1.82, 2.24) is 20.1 Å². The number of amides is 2. The number of aromatic nitrogens is 1. The van der Waals surface area contributed by atoms with Gasteiger partial charge in [-0.2, -0.15) is 0 Å². The van der Waals surface area contributed by atoms with Crippen LogP contribution in [0.3, 0.4) is 0 Å². The summed E-state index contributed by atoms with van der Waals surface area (Å²) in [4.78, 5) is 32.6. The van der Waals surface area contributed by atoms with Crippen LogP contribution in [0, 0.1) is 0 Å². The van der Waals surface area contributed by atoms with Gasteiger partial charge in [0.25, 0.3) is 11.8 Å². The molecule has 1 aliphatic heterocycles. The lowest BCUT2D eigenvalue weighted by Crippen LogP contribution is -2.52. The maximum Gasteiger partial charge on any atom is 0.280 e. The molecule has 1 saturated carbocycles. The molecular formula is C16H24N4O2S. The highest BCUT2D eigenvalue weighted by molar-refractivity contribution is 7.11. The van der Waals surface area contributed by atoms with Crippen LogP contribution < -0.4 is 5.32 Å². The average Bonchev–Trinajstić information content (AvgIpc) is 3.11. The largest absolute Gasteiger partial charge is 0.353 e. The highest BCUT2D eigenvalue weighted by Gasteiger charge is 2.28. The summed E-state index contributed by atoms with van der Waals surface area (Å²) in [5.41, 5.74) is 0.389. The molecule has 0 unspecified atom stereocenters. The number of piperazine rings is 1. The predicted octanol–water partition coefficient (Wildman–Crippen LogP) is 1.59. The van der Waals surface area contributed by atoms with E-state index in [1.54, 1.807) is 12.4 Å². The van der Waals surface area contributed by atoms with Gasteiger partial charge in [0.2, 0.25) is 0 Å². The van der Waals surface area contributed by atoms with Gasteiger partial charge in [-0.1, -0.05) is 19.3 Å². The fraction of sp³-hybridized carbons (Fsp3) is 0.688. The first-order valence-corrected chi connectivity index (χ1v) is 9.28. The van der Waals surface area contributed by atoms with E-state index in [9.17, 15) is 9.59 Å². The summed E-state index contributed by atoms with van der Waals surface area (Å²) in [5, 5.41) is 4.56. The number of hydrogen-bond donors (Lipinski definition) is 1. The Bertz CT molecular complexity index is 560. The molecule has 0 spiro atoms. The molecule has 2 aliphatic rings. The number of carbonyl (C=O) groups excluding carboxylic acids is 2. The lowest BCUT2D eigenvalue weighted by atomic mass is 9.94. The molecule has 2 amide bonds. The predicted molar refractivity (Wildman–Crippen MR) is 89.9 cm³/mol. The standard InChI is InChI=1S/C16H24N4O2S/c1-17-14(21)15-18-13(11-23-15)16(22)20-9-7-19(8-10-20)12-5-3-2-4-6-12/h11-12H,2-10H2,1H3,(H,17,21). The molecule has 1 saturated heterocycles. The quantitative estimate of drug-likeness (QED) is 0.910. The summed E-state index contributed by atoms with van der Waals surface area (Å²) in [5.74, 6) is -0.295. The molecule has 23 heavy (non-hydrogen) atoms. The first-order chi connectivity index (χ1) is 11.2. The zero-order chi connectivity index (χ0) is 16.2. The molecule has 1 aromatic heterocycles. The summed E-state index contributed by atoms with van der Waals surface area (Å²) in [6.07, 6.45) is 6.65. The summed E-state index contributed by atoms with van der Waals surface area (Å²) in [7, 11) is 1.57. The molecule has 0 radical (unpaired) electrons. The maximum atomic E-state index is 12.5. The fourth-order valence-electron chi connectivity index (χ4n) is 3.48. The third kappa shape index (κ3) is 3.72. The molecule has 0 bridgehead atoms. The van der Waals surface area contributed by atoms with Crippen molar-refractivity contribution in [3.05, 3.63) is 16.1 Å². The maximum absolute atomic E-state index is 12.5. The van der Waals surface area contributed by atoms with E-state index in [0.29, 0.717) is 16.7 Å². The van der Waals surface area contributed by atoms with Crippen LogP contribution in [0.4, 0.5) is 0 Å². The van der Waals surface area contributed by atoms with Gasteiger partial charge >= 0.3 is 0 Å². The van der Waals surface area contributed by atoms with Crippen molar-refractivity contribution < 1.29 is 9.59 Å². The molecule has 126 valence electrons. The highest BCUT2D eigenvalue weighted by atomic mass is 32.1. The highest BCUT2D eigenvalue weighted by Crippen LogP contribution is 2.24. The zero-order valence-electron chi connectivity index (χ0n) is 13.6. The number of thiazole rings is 1. The SMILES string of the molecule is CNC(=O)c1nc(C(=O)N2CCN(C3CCCCC3)CC2)cs1. The molecule has 1 aromatic rings. The van der Waals surface area contributed by atoms with E-state index in [-0.39, 0.29) is 11.8 Å². The van der Waals surface area contributed by atoms with Crippen molar-refractivity contribution in [3.63, 3.8) is 0 Å². The molecule has 3 rings (SSSR count). The molecule has 2 heterocycles. The topological polar surface area (TPSA) is 65.5 Å². The van der Waals surface area contributed by atoms with Crippen molar-refractivity contribution in [2.24, 2.45) is 0 Å². The van der Waals surface area contributed by atoms with Crippen molar-refractivity contribution >= 4 is 23.2 Å². The van der Waals surface area contributed by atoms with Crippen molar-refractivity contribution in [2.75, 3.05) is 33.2 Å². The van der Waals surface area contributed by atoms with Crippen LogP contribution in [0.15, 0.2) is 5.38 Å². The average molecular weight is 336 g/mol. The second kappa shape index (κ2) is 7.40. The smallest absolute Gasteiger partial charge is 0.280 e. The van der Waals surface area contributed by atoms with Crippen molar-refractivity contribution in [3.8, 4) is 0 Å².